The van der Waals surface area contributed by atoms with Crippen LogP contribution in [-0.2, 0) is 16.1 Å². The van der Waals surface area contributed by atoms with Gasteiger partial charge < -0.3 is 10.1 Å². The largest absolute Gasteiger partial charge is 0.434 e. The highest BCUT2D eigenvalue weighted by Crippen LogP contribution is 2.18. The van der Waals surface area contributed by atoms with Gasteiger partial charge in [0.2, 0.25) is 6.86 Å². The van der Waals surface area contributed by atoms with Crippen LogP contribution in [0, 0.1) is 0 Å². The van der Waals surface area contributed by atoms with Crippen LogP contribution in [0.3, 0.4) is 0 Å². The van der Waals surface area contributed by atoms with Crippen molar-refractivity contribution in [2.45, 2.75) is 19.0 Å². The first-order chi connectivity index (χ1) is 10.3. The van der Waals surface area contributed by atoms with Gasteiger partial charge in [-0.15, -0.1) is 0 Å². The molecule has 2 rings (SSSR count). The molecular weight excluding hydrogens is 269 g/mol. The second-order valence-electron chi connectivity index (χ2n) is 4.66. The molecule has 0 fully saturated rings. The quantitative estimate of drug-likeness (QED) is 0.793. The van der Waals surface area contributed by atoms with E-state index in [-0.39, 0.29) is 12.5 Å². The molecule has 2 aromatic rings. The van der Waals surface area contributed by atoms with Crippen LogP contribution in [0.1, 0.15) is 23.6 Å². The number of nitrogens with one attached hydrogen (secondary N) is 1. The maximum atomic E-state index is 12.1. The Labute approximate surface area is 123 Å². The first-order valence-electron chi connectivity index (χ1n) is 6.83. The van der Waals surface area contributed by atoms with Crippen molar-refractivity contribution in [1.29, 1.82) is 0 Å². The summed E-state index contributed by atoms with van der Waals surface area (Å²) in [6.45, 7) is -0.456. The van der Waals surface area contributed by atoms with E-state index in [2.05, 4.69) is 10.1 Å². The SMILES string of the molecule is O=C(CC(NCc1ccccc1)c1ccccc1)OCF. The summed E-state index contributed by atoms with van der Waals surface area (Å²) in [6.07, 6.45) is 0.0980. The van der Waals surface area contributed by atoms with E-state index in [1.54, 1.807) is 0 Å². The molecule has 0 heterocycles. The highest BCUT2D eigenvalue weighted by molar-refractivity contribution is 5.70. The number of rotatable bonds is 7. The van der Waals surface area contributed by atoms with Crippen molar-refractivity contribution < 1.29 is 13.9 Å². The van der Waals surface area contributed by atoms with E-state index in [9.17, 15) is 9.18 Å². The molecule has 0 saturated carbocycles. The average Bonchev–Trinajstić information content (AvgIpc) is 2.53. The summed E-state index contributed by atoms with van der Waals surface area (Å²) >= 11 is 0. The van der Waals surface area contributed by atoms with Gasteiger partial charge in [0.05, 0.1) is 6.42 Å². The number of halogens is 1. The molecule has 1 atom stereocenters. The molecule has 0 spiro atoms. The van der Waals surface area contributed by atoms with E-state index in [1.807, 2.05) is 60.7 Å². The Bertz CT molecular complexity index is 545. The number of benzene rings is 2. The standard InChI is InChI=1S/C17H18FNO2/c18-13-21-17(20)11-16(15-9-5-2-6-10-15)19-12-14-7-3-1-4-8-14/h1-10,16,19H,11-13H2. The zero-order valence-corrected chi connectivity index (χ0v) is 11.7. The van der Waals surface area contributed by atoms with Gasteiger partial charge in [-0.2, -0.15) is 0 Å². The highest BCUT2D eigenvalue weighted by atomic mass is 19.1. The molecule has 0 aliphatic heterocycles. The van der Waals surface area contributed by atoms with Gasteiger partial charge in [0.1, 0.15) is 0 Å². The first-order valence-corrected chi connectivity index (χ1v) is 6.83. The van der Waals surface area contributed by atoms with Gasteiger partial charge in [0.15, 0.2) is 0 Å². The van der Waals surface area contributed by atoms with E-state index in [0.717, 1.165) is 11.1 Å². The predicted molar refractivity (Wildman–Crippen MR) is 79.1 cm³/mol. The van der Waals surface area contributed by atoms with Crippen molar-refractivity contribution in [3.8, 4) is 0 Å². The van der Waals surface area contributed by atoms with Gasteiger partial charge in [-0.1, -0.05) is 60.7 Å². The Morgan fingerprint density at radius 3 is 2.29 bits per heavy atom. The third kappa shape index (κ3) is 5.00. The third-order valence-electron chi connectivity index (χ3n) is 3.18. The number of carbonyl (C=O) groups excluding carboxylic acids is 1. The number of hydrogen-bond donors (Lipinski definition) is 1. The fourth-order valence-corrected chi connectivity index (χ4v) is 2.12. The summed E-state index contributed by atoms with van der Waals surface area (Å²) in [7, 11) is 0. The number of ether oxygens (including phenoxy) is 1. The normalized spacial score (nSPS) is 11.9. The van der Waals surface area contributed by atoms with Crippen molar-refractivity contribution in [3.05, 3.63) is 71.8 Å². The summed E-state index contributed by atoms with van der Waals surface area (Å²) < 4.78 is 16.5. The van der Waals surface area contributed by atoms with Crippen LogP contribution >= 0.6 is 0 Å². The van der Waals surface area contributed by atoms with E-state index < -0.39 is 12.8 Å². The average molecular weight is 287 g/mol. The second-order valence-corrected chi connectivity index (χ2v) is 4.66. The molecule has 0 aliphatic rings. The molecule has 0 radical (unpaired) electrons. The zero-order valence-electron chi connectivity index (χ0n) is 11.7. The minimum absolute atomic E-state index is 0.0980. The van der Waals surface area contributed by atoms with Crippen molar-refractivity contribution in [2.75, 3.05) is 6.86 Å². The molecule has 2 aromatic carbocycles. The number of carbonyl (C=O) groups is 1. The molecule has 0 bridgehead atoms. The van der Waals surface area contributed by atoms with Crippen molar-refractivity contribution >= 4 is 5.97 Å². The lowest BCUT2D eigenvalue weighted by Gasteiger charge is -2.18. The molecule has 110 valence electrons. The fourth-order valence-electron chi connectivity index (χ4n) is 2.12. The summed E-state index contributed by atoms with van der Waals surface area (Å²) in [5.74, 6) is -0.549. The fraction of sp³-hybridized carbons (Fsp3) is 0.235. The second kappa shape index (κ2) is 8.17. The summed E-state index contributed by atoms with van der Waals surface area (Å²) in [5, 5.41) is 3.32. The van der Waals surface area contributed by atoms with E-state index in [1.165, 1.54) is 0 Å². The molecular formula is C17H18FNO2. The Hall–Kier alpha value is -2.20. The van der Waals surface area contributed by atoms with Crippen molar-refractivity contribution in [1.82, 2.24) is 5.32 Å². The van der Waals surface area contributed by atoms with Crippen LogP contribution in [0.15, 0.2) is 60.7 Å². The molecule has 21 heavy (non-hydrogen) atoms. The van der Waals surface area contributed by atoms with E-state index in [4.69, 9.17) is 0 Å². The number of hydrogen-bond acceptors (Lipinski definition) is 3. The van der Waals surface area contributed by atoms with Crippen LogP contribution in [0.5, 0.6) is 0 Å². The molecule has 3 nitrogen and oxygen atoms in total. The molecule has 1 unspecified atom stereocenters. The van der Waals surface area contributed by atoms with Gasteiger partial charge in [0.25, 0.3) is 0 Å². The molecule has 0 saturated heterocycles. The summed E-state index contributed by atoms with van der Waals surface area (Å²) in [4.78, 5) is 11.5. The molecule has 0 aliphatic carbocycles. The van der Waals surface area contributed by atoms with Gasteiger partial charge in [-0.05, 0) is 11.1 Å². The lowest BCUT2D eigenvalue weighted by Crippen LogP contribution is -2.24. The van der Waals surface area contributed by atoms with Crippen LogP contribution < -0.4 is 5.32 Å². The van der Waals surface area contributed by atoms with Gasteiger partial charge >= 0.3 is 5.97 Å². The van der Waals surface area contributed by atoms with Gasteiger partial charge in [-0.3, -0.25) is 4.79 Å². The van der Waals surface area contributed by atoms with Gasteiger partial charge in [0, 0.05) is 12.6 Å². The first kappa shape index (κ1) is 15.2. The van der Waals surface area contributed by atoms with Crippen LogP contribution in [0.25, 0.3) is 0 Å². The maximum absolute atomic E-state index is 12.1. The van der Waals surface area contributed by atoms with Crippen LogP contribution in [0.4, 0.5) is 4.39 Å². The lowest BCUT2D eigenvalue weighted by molar-refractivity contribution is -0.148. The van der Waals surface area contributed by atoms with Crippen molar-refractivity contribution in [2.24, 2.45) is 0 Å². The number of esters is 1. The van der Waals surface area contributed by atoms with Gasteiger partial charge in [-0.25, -0.2) is 4.39 Å². The third-order valence-corrected chi connectivity index (χ3v) is 3.18. The summed E-state index contributed by atoms with van der Waals surface area (Å²) in [6, 6.07) is 19.3. The minimum Gasteiger partial charge on any atom is -0.434 e. The zero-order chi connectivity index (χ0) is 14.9. The monoisotopic (exact) mass is 287 g/mol. The summed E-state index contributed by atoms with van der Waals surface area (Å²) in [5.41, 5.74) is 2.10. The topological polar surface area (TPSA) is 38.3 Å². The smallest absolute Gasteiger partial charge is 0.310 e. The Morgan fingerprint density at radius 2 is 1.67 bits per heavy atom. The van der Waals surface area contributed by atoms with E-state index in [0.29, 0.717) is 6.54 Å². The Morgan fingerprint density at radius 1 is 1.05 bits per heavy atom. The predicted octanol–water partition coefficient (Wildman–Crippen LogP) is 3.38. The van der Waals surface area contributed by atoms with Crippen LogP contribution in [0.2, 0.25) is 0 Å². The highest BCUT2D eigenvalue weighted by Gasteiger charge is 2.16. The van der Waals surface area contributed by atoms with Crippen LogP contribution in [-0.4, -0.2) is 12.8 Å². The Balaban J connectivity index is 2.03. The number of alkyl halides is 1. The van der Waals surface area contributed by atoms with E-state index >= 15 is 0 Å². The molecule has 4 heteroatoms. The Kier molecular flexibility index (Phi) is 5.91. The molecule has 1 N–H and O–H groups in total. The minimum atomic E-state index is -1.08. The lowest BCUT2D eigenvalue weighted by atomic mass is 10.0. The van der Waals surface area contributed by atoms with Crippen molar-refractivity contribution in [3.63, 3.8) is 0 Å². The molecule has 0 aromatic heterocycles. The maximum Gasteiger partial charge on any atom is 0.310 e. The molecule has 0 amide bonds.